The second-order valence-electron chi connectivity index (χ2n) is 3.71. The first kappa shape index (κ1) is 11.0. The first-order valence-corrected chi connectivity index (χ1v) is 5.34. The zero-order valence-electron chi connectivity index (χ0n) is 7.58. The minimum Gasteiger partial charge on any atom is -0.404 e. The minimum absolute atomic E-state index is 0.522. The van der Waals surface area contributed by atoms with Crippen LogP contribution >= 0.6 is 0 Å². The van der Waals surface area contributed by atoms with Crippen molar-refractivity contribution in [1.82, 2.24) is 0 Å². The molecule has 1 rings (SSSR count). The molecular formula is C8H13F3OSi. The highest BCUT2D eigenvalue weighted by Gasteiger charge is 2.36. The molecule has 1 fully saturated rings. The Morgan fingerprint density at radius 2 is 1.69 bits per heavy atom. The van der Waals surface area contributed by atoms with E-state index in [0.717, 1.165) is 32.1 Å². The topological polar surface area (TPSA) is 9.23 Å². The molecule has 76 valence electrons. The van der Waals surface area contributed by atoms with Crippen LogP contribution in [0.15, 0.2) is 0 Å². The molecule has 5 heteroatoms. The summed E-state index contributed by atoms with van der Waals surface area (Å²) in [7, 11) is -1.36. The van der Waals surface area contributed by atoms with Crippen LogP contribution in [-0.4, -0.2) is 21.2 Å². The van der Waals surface area contributed by atoms with Gasteiger partial charge in [0.1, 0.15) is 0 Å². The smallest absolute Gasteiger partial charge is 0.389 e. The molecule has 1 aliphatic carbocycles. The summed E-state index contributed by atoms with van der Waals surface area (Å²) in [6, 6.07) is 0. The van der Waals surface area contributed by atoms with Crippen LogP contribution in [0.2, 0.25) is 0 Å². The Kier molecular flexibility index (Phi) is 3.40. The predicted octanol–water partition coefficient (Wildman–Crippen LogP) is 2.86. The van der Waals surface area contributed by atoms with Crippen LogP contribution < -0.4 is 0 Å². The highest BCUT2D eigenvalue weighted by atomic mass is 28.2. The van der Waals surface area contributed by atoms with Crippen molar-refractivity contribution >= 4 is 9.76 Å². The Labute approximate surface area is 78.6 Å². The Morgan fingerprint density at radius 3 is 2.15 bits per heavy atom. The van der Waals surface area contributed by atoms with Gasteiger partial charge in [0, 0.05) is 0 Å². The highest BCUT2D eigenvalue weighted by molar-refractivity contribution is 6.30. The quantitative estimate of drug-likeness (QED) is 0.637. The van der Waals surface area contributed by atoms with Crippen molar-refractivity contribution in [2.24, 2.45) is 0 Å². The van der Waals surface area contributed by atoms with Crippen molar-refractivity contribution < 1.29 is 17.6 Å². The fraction of sp³-hybridized carbons (Fsp3) is 1.00. The lowest BCUT2D eigenvalue weighted by Gasteiger charge is -2.33. The zero-order valence-corrected chi connectivity index (χ0v) is 8.58. The SMILES string of the molecule is CC1(O[Si]C(F)(F)F)CCCCC1. The zero-order chi connectivity index (χ0) is 9.95. The summed E-state index contributed by atoms with van der Waals surface area (Å²) in [6.07, 6.45) is 4.61. The average molecular weight is 210 g/mol. The van der Waals surface area contributed by atoms with E-state index in [1.54, 1.807) is 6.92 Å². The Hall–Kier alpha value is -0.0331. The lowest BCUT2D eigenvalue weighted by Crippen LogP contribution is -2.37. The van der Waals surface area contributed by atoms with Gasteiger partial charge in [-0.1, -0.05) is 19.3 Å². The molecule has 0 aliphatic heterocycles. The van der Waals surface area contributed by atoms with Crippen LogP contribution in [0.1, 0.15) is 39.0 Å². The van der Waals surface area contributed by atoms with Gasteiger partial charge in [0.2, 0.25) is 0 Å². The largest absolute Gasteiger partial charge is 0.404 e. The Bertz CT molecular complexity index is 163. The summed E-state index contributed by atoms with van der Waals surface area (Å²) in [5.41, 5.74) is -0.522. The summed E-state index contributed by atoms with van der Waals surface area (Å²) in [6.45, 7) is 1.78. The third kappa shape index (κ3) is 4.13. The third-order valence-electron chi connectivity index (χ3n) is 2.32. The lowest BCUT2D eigenvalue weighted by atomic mass is 9.87. The molecule has 1 aliphatic rings. The van der Waals surface area contributed by atoms with E-state index in [2.05, 4.69) is 0 Å². The fourth-order valence-corrected chi connectivity index (χ4v) is 2.15. The second kappa shape index (κ2) is 4.00. The second-order valence-corrected chi connectivity index (χ2v) is 4.69. The molecule has 2 radical (unpaired) electrons. The molecule has 0 amide bonds. The van der Waals surface area contributed by atoms with E-state index in [1.165, 1.54) is 0 Å². The molecule has 0 saturated heterocycles. The number of alkyl halides is 3. The van der Waals surface area contributed by atoms with E-state index in [9.17, 15) is 13.2 Å². The van der Waals surface area contributed by atoms with Crippen molar-refractivity contribution in [3.63, 3.8) is 0 Å². The predicted molar refractivity (Wildman–Crippen MR) is 44.4 cm³/mol. The Balaban J connectivity index is 2.33. The van der Waals surface area contributed by atoms with Gasteiger partial charge < -0.3 is 4.43 Å². The van der Waals surface area contributed by atoms with Crippen LogP contribution in [0.25, 0.3) is 0 Å². The minimum atomic E-state index is -4.17. The van der Waals surface area contributed by atoms with Gasteiger partial charge in [-0.15, -0.1) is 0 Å². The maximum atomic E-state index is 11.9. The molecule has 0 heterocycles. The highest BCUT2D eigenvalue weighted by Crippen LogP contribution is 2.31. The number of hydrogen-bond acceptors (Lipinski definition) is 1. The maximum absolute atomic E-state index is 11.9. The number of rotatable bonds is 2. The first-order valence-electron chi connectivity index (χ1n) is 4.43. The van der Waals surface area contributed by atoms with Crippen molar-refractivity contribution in [2.75, 3.05) is 0 Å². The lowest BCUT2D eigenvalue weighted by molar-refractivity contribution is -0.0747. The first-order chi connectivity index (χ1) is 5.91. The molecule has 13 heavy (non-hydrogen) atoms. The van der Waals surface area contributed by atoms with E-state index in [-0.39, 0.29) is 0 Å². The standard InChI is InChI=1S/C8H13F3OSi/c1-7(5-3-2-4-6-7)12-13-8(9,10)11/h2-6H2,1H3. The van der Waals surface area contributed by atoms with E-state index in [1.807, 2.05) is 0 Å². The van der Waals surface area contributed by atoms with Crippen molar-refractivity contribution in [1.29, 1.82) is 0 Å². The van der Waals surface area contributed by atoms with Gasteiger partial charge in [-0.05, 0) is 19.8 Å². The van der Waals surface area contributed by atoms with Crippen molar-refractivity contribution in [3.05, 3.63) is 0 Å². The summed E-state index contributed by atoms with van der Waals surface area (Å²) in [4.78, 5) is 0. The van der Waals surface area contributed by atoms with Crippen LogP contribution in [-0.2, 0) is 4.43 Å². The Morgan fingerprint density at radius 1 is 1.15 bits per heavy atom. The van der Waals surface area contributed by atoms with Gasteiger partial charge in [-0.2, -0.15) is 13.2 Å². The molecule has 0 unspecified atom stereocenters. The van der Waals surface area contributed by atoms with E-state index in [4.69, 9.17) is 4.43 Å². The number of halogens is 3. The summed E-state index contributed by atoms with van der Waals surface area (Å²) in [5.74, 6) is -4.17. The summed E-state index contributed by atoms with van der Waals surface area (Å²) < 4.78 is 40.5. The van der Waals surface area contributed by atoms with E-state index >= 15 is 0 Å². The van der Waals surface area contributed by atoms with Crippen molar-refractivity contribution in [2.45, 2.75) is 50.4 Å². The molecule has 0 atom stereocenters. The molecule has 0 N–H and O–H groups in total. The van der Waals surface area contributed by atoms with Gasteiger partial charge >= 0.3 is 15.6 Å². The molecule has 1 saturated carbocycles. The summed E-state index contributed by atoms with van der Waals surface area (Å²) in [5, 5.41) is 0. The van der Waals surface area contributed by atoms with Gasteiger partial charge in [-0.25, -0.2) is 0 Å². The molecule has 1 nitrogen and oxygen atoms in total. The van der Waals surface area contributed by atoms with Crippen molar-refractivity contribution in [3.8, 4) is 0 Å². The number of hydrogen-bond donors (Lipinski definition) is 0. The average Bonchev–Trinajstić information content (AvgIpc) is 2.02. The maximum Gasteiger partial charge on any atom is 0.389 e. The third-order valence-corrected chi connectivity index (χ3v) is 3.15. The van der Waals surface area contributed by atoms with Gasteiger partial charge in [0.25, 0.3) is 0 Å². The molecular weight excluding hydrogens is 197 g/mol. The fourth-order valence-electron chi connectivity index (χ4n) is 1.58. The van der Waals surface area contributed by atoms with Gasteiger partial charge in [-0.3, -0.25) is 0 Å². The summed E-state index contributed by atoms with van der Waals surface area (Å²) >= 11 is 0. The van der Waals surface area contributed by atoms with Crippen LogP contribution in [0, 0.1) is 0 Å². The van der Waals surface area contributed by atoms with Crippen LogP contribution in [0.4, 0.5) is 13.2 Å². The van der Waals surface area contributed by atoms with Crippen LogP contribution in [0.5, 0.6) is 0 Å². The molecule has 0 aromatic heterocycles. The molecule has 0 bridgehead atoms. The monoisotopic (exact) mass is 210 g/mol. The van der Waals surface area contributed by atoms with E-state index in [0.29, 0.717) is 0 Å². The molecule has 0 aromatic rings. The van der Waals surface area contributed by atoms with Gasteiger partial charge in [0.05, 0.1) is 5.60 Å². The molecule has 0 spiro atoms. The van der Waals surface area contributed by atoms with Gasteiger partial charge in [0.15, 0.2) is 0 Å². The molecule has 0 aromatic carbocycles. The van der Waals surface area contributed by atoms with Crippen LogP contribution in [0.3, 0.4) is 0 Å². The van der Waals surface area contributed by atoms with E-state index < -0.39 is 21.2 Å². The normalized spacial score (nSPS) is 23.1.